The van der Waals surface area contributed by atoms with Gasteiger partial charge in [0.2, 0.25) is 11.8 Å². The summed E-state index contributed by atoms with van der Waals surface area (Å²) in [5.74, 6) is 1.50. The van der Waals surface area contributed by atoms with Crippen LogP contribution in [0.3, 0.4) is 0 Å². The summed E-state index contributed by atoms with van der Waals surface area (Å²) in [5.41, 5.74) is 6.45. The van der Waals surface area contributed by atoms with E-state index in [9.17, 15) is 4.79 Å². The minimum atomic E-state index is -0.194. The number of hydrogen-bond donors (Lipinski definition) is 1. The highest BCUT2D eigenvalue weighted by atomic mass is 16.5. The Balaban J connectivity index is 1.74. The van der Waals surface area contributed by atoms with Crippen molar-refractivity contribution < 1.29 is 18.4 Å². The molecule has 0 unspecified atom stereocenters. The van der Waals surface area contributed by atoms with Crippen molar-refractivity contribution >= 4 is 5.91 Å². The first-order valence-corrected chi connectivity index (χ1v) is 6.61. The maximum Gasteiger partial charge on any atom is 0.276 e. The van der Waals surface area contributed by atoms with E-state index >= 15 is 0 Å². The fourth-order valence-corrected chi connectivity index (χ4v) is 2.28. The number of carbonyl (C=O) groups excluding carboxylic acids is 1. The SMILES string of the molecule is COCc1nc2c(o1)CCN(C(=O)c1coc(CN)n1)C2. The Morgan fingerprint density at radius 1 is 1.48 bits per heavy atom. The van der Waals surface area contributed by atoms with Gasteiger partial charge in [-0.05, 0) is 0 Å². The van der Waals surface area contributed by atoms with E-state index < -0.39 is 0 Å². The van der Waals surface area contributed by atoms with Crippen LogP contribution in [0.1, 0.15) is 33.7 Å². The van der Waals surface area contributed by atoms with Crippen LogP contribution in [-0.4, -0.2) is 34.4 Å². The molecule has 0 bridgehead atoms. The Kier molecular flexibility index (Phi) is 3.72. The van der Waals surface area contributed by atoms with Gasteiger partial charge in [0, 0.05) is 20.1 Å². The Hall–Kier alpha value is -2.19. The molecule has 1 amide bonds. The lowest BCUT2D eigenvalue weighted by molar-refractivity contribution is 0.0721. The molecule has 112 valence electrons. The van der Waals surface area contributed by atoms with Gasteiger partial charge in [-0.3, -0.25) is 4.79 Å². The maximum atomic E-state index is 12.4. The Bertz CT molecular complexity index is 648. The molecule has 1 aliphatic rings. The summed E-state index contributed by atoms with van der Waals surface area (Å²) in [5, 5.41) is 0. The van der Waals surface area contributed by atoms with E-state index in [1.54, 1.807) is 12.0 Å². The molecule has 2 aromatic rings. The molecule has 0 atom stereocenters. The average Bonchev–Trinajstić information content (AvgIpc) is 3.12. The lowest BCUT2D eigenvalue weighted by Gasteiger charge is -2.24. The molecular formula is C13H16N4O4. The largest absolute Gasteiger partial charge is 0.447 e. The molecule has 0 aliphatic carbocycles. The first kappa shape index (κ1) is 13.8. The number of aromatic nitrogens is 2. The number of oxazole rings is 2. The van der Waals surface area contributed by atoms with Crippen LogP contribution in [0.4, 0.5) is 0 Å². The predicted molar refractivity (Wildman–Crippen MR) is 70.1 cm³/mol. The number of methoxy groups -OCH3 is 1. The van der Waals surface area contributed by atoms with Crippen LogP contribution in [0.15, 0.2) is 15.1 Å². The number of hydrogen-bond acceptors (Lipinski definition) is 7. The van der Waals surface area contributed by atoms with Crippen molar-refractivity contribution in [2.24, 2.45) is 5.73 Å². The molecule has 0 saturated heterocycles. The van der Waals surface area contributed by atoms with E-state index in [-0.39, 0.29) is 18.1 Å². The minimum Gasteiger partial charge on any atom is -0.447 e. The van der Waals surface area contributed by atoms with Gasteiger partial charge >= 0.3 is 0 Å². The number of nitrogens with zero attached hydrogens (tertiary/aromatic N) is 3. The van der Waals surface area contributed by atoms with Crippen molar-refractivity contribution in [3.8, 4) is 0 Å². The topological polar surface area (TPSA) is 108 Å². The monoisotopic (exact) mass is 292 g/mol. The van der Waals surface area contributed by atoms with Gasteiger partial charge in [-0.2, -0.15) is 0 Å². The third-order valence-electron chi connectivity index (χ3n) is 3.27. The van der Waals surface area contributed by atoms with Gasteiger partial charge < -0.3 is 24.2 Å². The van der Waals surface area contributed by atoms with E-state index in [1.807, 2.05) is 0 Å². The molecular weight excluding hydrogens is 276 g/mol. The van der Waals surface area contributed by atoms with Gasteiger partial charge in [-0.1, -0.05) is 0 Å². The van der Waals surface area contributed by atoms with Gasteiger partial charge in [0.25, 0.3) is 5.91 Å². The van der Waals surface area contributed by atoms with Crippen molar-refractivity contribution in [3.63, 3.8) is 0 Å². The highest BCUT2D eigenvalue weighted by Gasteiger charge is 2.27. The van der Waals surface area contributed by atoms with Gasteiger partial charge in [0.1, 0.15) is 24.3 Å². The molecule has 0 fully saturated rings. The first-order chi connectivity index (χ1) is 10.2. The van der Waals surface area contributed by atoms with E-state index in [1.165, 1.54) is 6.26 Å². The van der Waals surface area contributed by atoms with Crippen molar-refractivity contribution in [2.45, 2.75) is 26.1 Å². The molecule has 1 aliphatic heterocycles. The molecule has 0 saturated carbocycles. The standard InChI is InChI=1S/C13H16N4O4/c1-19-7-12-15-8-5-17(3-2-10(8)21-12)13(18)9-6-20-11(4-14)16-9/h6H,2-5,7,14H2,1H3. The van der Waals surface area contributed by atoms with E-state index in [0.717, 1.165) is 11.5 Å². The van der Waals surface area contributed by atoms with Gasteiger partial charge in [0.15, 0.2) is 5.69 Å². The Morgan fingerprint density at radius 2 is 2.33 bits per heavy atom. The molecule has 2 N–H and O–H groups in total. The van der Waals surface area contributed by atoms with Crippen LogP contribution < -0.4 is 5.73 Å². The fourth-order valence-electron chi connectivity index (χ4n) is 2.28. The summed E-state index contributed by atoms with van der Waals surface area (Å²) in [6.07, 6.45) is 1.96. The second-order valence-corrected chi connectivity index (χ2v) is 4.72. The molecule has 2 aromatic heterocycles. The summed E-state index contributed by atoms with van der Waals surface area (Å²) in [7, 11) is 1.58. The summed E-state index contributed by atoms with van der Waals surface area (Å²) in [6, 6.07) is 0. The summed E-state index contributed by atoms with van der Waals surface area (Å²) >= 11 is 0. The van der Waals surface area contributed by atoms with E-state index in [2.05, 4.69) is 9.97 Å². The summed E-state index contributed by atoms with van der Waals surface area (Å²) in [6.45, 7) is 1.44. The molecule has 8 heteroatoms. The quantitative estimate of drug-likeness (QED) is 0.872. The second kappa shape index (κ2) is 5.66. The number of amides is 1. The van der Waals surface area contributed by atoms with Gasteiger partial charge in [0.05, 0.1) is 13.1 Å². The highest BCUT2D eigenvalue weighted by molar-refractivity contribution is 5.92. The first-order valence-electron chi connectivity index (χ1n) is 6.61. The van der Waals surface area contributed by atoms with Gasteiger partial charge in [-0.25, -0.2) is 9.97 Å². The highest BCUT2D eigenvalue weighted by Crippen LogP contribution is 2.21. The molecule has 0 radical (unpaired) electrons. The van der Waals surface area contributed by atoms with Crippen molar-refractivity contribution in [1.82, 2.24) is 14.9 Å². The zero-order valence-corrected chi connectivity index (χ0v) is 11.7. The van der Waals surface area contributed by atoms with Crippen molar-refractivity contribution in [2.75, 3.05) is 13.7 Å². The number of ether oxygens (including phenoxy) is 1. The molecule has 3 heterocycles. The fraction of sp³-hybridized carbons (Fsp3) is 0.462. The number of fused-ring (bicyclic) bond motifs is 1. The van der Waals surface area contributed by atoms with Crippen molar-refractivity contribution in [3.05, 3.63) is 35.2 Å². The van der Waals surface area contributed by atoms with E-state index in [0.29, 0.717) is 37.9 Å². The van der Waals surface area contributed by atoms with Crippen molar-refractivity contribution in [1.29, 1.82) is 0 Å². The predicted octanol–water partition coefficient (Wildman–Crippen LogP) is 0.466. The third kappa shape index (κ3) is 2.67. The number of nitrogens with two attached hydrogens (primary N) is 1. The van der Waals surface area contributed by atoms with Crippen LogP contribution in [0.5, 0.6) is 0 Å². The summed E-state index contributed by atoms with van der Waals surface area (Å²) < 4.78 is 15.7. The smallest absolute Gasteiger partial charge is 0.276 e. The third-order valence-corrected chi connectivity index (χ3v) is 3.27. The molecule has 3 rings (SSSR count). The lowest BCUT2D eigenvalue weighted by Crippen LogP contribution is -2.36. The van der Waals surface area contributed by atoms with Crippen LogP contribution in [0.25, 0.3) is 0 Å². The van der Waals surface area contributed by atoms with Gasteiger partial charge in [-0.15, -0.1) is 0 Å². The zero-order valence-electron chi connectivity index (χ0n) is 11.7. The zero-order chi connectivity index (χ0) is 14.8. The van der Waals surface area contributed by atoms with Crippen LogP contribution in [0, 0.1) is 0 Å². The molecule has 0 aromatic carbocycles. The normalized spacial score (nSPS) is 14.3. The Labute approximate surface area is 120 Å². The average molecular weight is 292 g/mol. The van der Waals surface area contributed by atoms with E-state index in [4.69, 9.17) is 19.3 Å². The Morgan fingerprint density at radius 3 is 3.05 bits per heavy atom. The minimum absolute atomic E-state index is 0.168. The summed E-state index contributed by atoms with van der Waals surface area (Å²) in [4.78, 5) is 22.4. The van der Waals surface area contributed by atoms with Crippen LogP contribution >= 0.6 is 0 Å². The second-order valence-electron chi connectivity index (χ2n) is 4.72. The maximum absolute atomic E-state index is 12.4. The molecule has 0 spiro atoms. The van der Waals surface area contributed by atoms with Crippen LogP contribution in [-0.2, 0) is 30.9 Å². The molecule has 8 nitrogen and oxygen atoms in total. The number of rotatable bonds is 4. The lowest BCUT2D eigenvalue weighted by atomic mass is 10.1. The number of carbonyl (C=O) groups is 1. The van der Waals surface area contributed by atoms with Crippen LogP contribution in [0.2, 0.25) is 0 Å². The molecule has 21 heavy (non-hydrogen) atoms.